The third kappa shape index (κ3) is 13.5. The maximum absolute atomic E-state index is 13.2. The van der Waals surface area contributed by atoms with Crippen LogP contribution >= 0.6 is 0 Å². The van der Waals surface area contributed by atoms with Crippen LogP contribution in [0.4, 0.5) is 0 Å². The van der Waals surface area contributed by atoms with Gasteiger partial charge in [-0.3, -0.25) is 24.2 Å². The number of guanidine groups is 1. The van der Waals surface area contributed by atoms with Crippen LogP contribution in [0.15, 0.2) is 17.5 Å². The van der Waals surface area contributed by atoms with Crippen LogP contribution in [0.25, 0.3) is 0 Å². The lowest BCUT2D eigenvalue weighted by atomic mass is 10.0. The number of nitrogens with zero attached hydrogens (tertiary/aromatic N) is 2. The summed E-state index contributed by atoms with van der Waals surface area (Å²) in [5.74, 6) is -4.28. The number of aromatic amines is 1. The molecule has 0 radical (unpaired) electrons. The summed E-state index contributed by atoms with van der Waals surface area (Å²) >= 11 is 0. The van der Waals surface area contributed by atoms with Gasteiger partial charge in [-0.2, -0.15) is 0 Å². The molecule has 0 aromatic carbocycles. The van der Waals surface area contributed by atoms with Gasteiger partial charge >= 0.3 is 5.97 Å². The second-order valence-corrected chi connectivity index (χ2v) is 9.15. The molecule has 17 heteroatoms. The third-order valence-electron chi connectivity index (χ3n) is 5.79. The molecule has 4 atom stereocenters. The van der Waals surface area contributed by atoms with E-state index in [9.17, 15) is 29.1 Å². The van der Waals surface area contributed by atoms with Crippen molar-refractivity contribution in [3.63, 3.8) is 0 Å². The van der Waals surface area contributed by atoms with Gasteiger partial charge in [0.25, 0.3) is 0 Å². The fraction of sp³-hybridized carbons (Fsp3) is 0.609. The number of carboxylic acid groups (broad SMARTS) is 1. The van der Waals surface area contributed by atoms with E-state index in [-0.39, 0.29) is 44.6 Å². The Labute approximate surface area is 231 Å². The number of primary amides is 1. The molecule has 0 aliphatic rings. The zero-order valence-electron chi connectivity index (χ0n) is 22.3. The van der Waals surface area contributed by atoms with Crippen molar-refractivity contribution >= 4 is 35.6 Å². The van der Waals surface area contributed by atoms with E-state index in [4.69, 9.17) is 28.7 Å². The Bertz CT molecular complexity index is 997. The molecule has 4 unspecified atom stereocenters. The van der Waals surface area contributed by atoms with Crippen LogP contribution in [0, 0.1) is 0 Å². The van der Waals surface area contributed by atoms with E-state index in [1.54, 1.807) is 0 Å². The minimum atomic E-state index is -1.35. The van der Waals surface area contributed by atoms with Crippen molar-refractivity contribution in [2.24, 2.45) is 33.7 Å². The van der Waals surface area contributed by atoms with E-state index in [0.29, 0.717) is 31.5 Å². The van der Waals surface area contributed by atoms with Crippen LogP contribution < -0.4 is 44.6 Å². The molecule has 1 aromatic heterocycles. The van der Waals surface area contributed by atoms with Gasteiger partial charge in [0.15, 0.2) is 5.96 Å². The molecule has 0 fully saturated rings. The number of aliphatic imine (C=N–C) groups is 1. The molecule has 224 valence electrons. The number of carboxylic acids is 1. The predicted octanol–water partition coefficient (Wildman–Crippen LogP) is -3.73. The van der Waals surface area contributed by atoms with Gasteiger partial charge in [-0.15, -0.1) is 0 Å². The van der Waals surface area contributed by atoms with Gasteiger partial charge < -0.3 is 54.7 Å². The topological polar surface area (TPSA) is 313 Å². The number of carbonyl (C=O) groups excluding carboxylic acids is 4. The molecule has 17 nitrogen and oxygen atoms in total. The zero-order valence-corrected chi connectivity index (χ0v) is 22.3. The summed E-state index contributed by atoms with van der Waals surface area (Å²) in [6, 6.07) is -4.69. The van der Waals surface area contributed by atoms with Crippen LogP contribution in [0.1, 0.15) is 50.6 Å². The summed E-state index contributed by atoms with van der Waals surface area (Å²) in [6.45, 7) is 0.640. The molecule has 1 rings (SSSR count). The molecule has 40 heavy (non-hydrogen) atoms. The summed E-state index contributed by atoms with van der Waals surface area (Å²) in [6.07, 6.45) is 4.13. The fourth-order valence-corrected chi connectivity index (χ4v) is 3.61. The predicted molar refractivity (Wildman–Crippen MR) is 145 cm³/mol. The highest BCUT2D eigenvalue weighted by Gasteiger charge is 2.30. The number of imidazole rings is 1. The smallest absolute Gasteiger partial charge is 0.326 e. The summed E-state index contributed by atoms with van der Waals surface area (Å²) in [7, 11) is 0. The van der Waals surface area contributed by atoms with E-state index in [1.807, 2.05) is 0 Å². The highest BCUT2D eigenvalue weighted by molar-refractivity contribution is 5.94. The Kier molecular flexibility index (Phi) is 15.3. The second kappa shape index (κ2) is 18.1. The van der Waals surface area contributed by atoms with Gasteiger partial charge in [-0.25, -0.2) is 9.78 Å². The second-order valence-electron chi connectivity index (χ2n) is 9.15. The first-order chi connectivity index (χ1) is 18.9. The van der Waals surface area contributed by atoms with Crippen molar-refractivity contribution in [1.82, 2.24) is 25.9 Å². The lowest BCUT2D eigenvalue weighted by molar-refractivity contribution is -0.142. The van der Waals surface area contributed by atoms with Gasteiger partial charge in [0.1, 0.15) is 18.1 Å². The van der Waals surface area contributed by atoms with Crippen molar-refractivity contribution in [3.8, 4) is 0 Å². The third-order valence-corrected chi connectivity index (χ3v) is 5.79. The summed E-state index contributed by atoms with van der Waals surface area (Å²) in [5.41, 5.74) is 27.7. The Morgan fingerprint density at radius 3 is 2.08 bits per heavy atom. The van der Waals surface area contributed by atoms with Crippen molar-refractivity contribution < 1.29 is 29.1 Å². The number of carbonyl (C=O) groups is 5. The van der Waals surface area contributed by atoms with Gasteiger partial charge in [-0.05, 0) is 45.1 Å². The highest BCUT2D eigenvalue weighted by atomic mass is 16.4. The molecule has 1 heterocycles. The van der Waals surface area contributed by atoms with Gasteiger partial charge in [0, 0.05) is 31.3 Å². The number of rotatable bonds is 20. The van der Waals surface area contributed by atoms with Crippen molar-refractivity contribution in [2.75, 3.05) is 13.1 Å². The van der Waals surface area contributed by atoms with Crippen molar-refractivity contribution in [1.29, 1.82) is 0 Å². The number of nitrogens with two attached hydrogens (primary N) is 5. The largest absolute Gasteiger partial charge is 0.480 e. The summed E-state index contributed by atoms with van der Waals surface area (Å²) in [4.78, 5) is 72.4. The molecule has 0 aliphatic carbocycles. The van der Waals surface area contributed by atoms with Crippen LogP contribution in [0.2, 0.25) is 0 Å². The summed E-state index contributed by atoms with van der Waals surface area (Å²) < 4.78 is 0. The van der Waals surface area contributed by atoms with Crippen LogP contribution in [-0.4, -0.2) is 87.9 Å². The van der Waals surface area contributed by atoms with Gasteiger partial charge in [0.05, 0.1) is 12.4 Å². The molecule has 0 saturated heterocycles. The molecule has 0 saturated carbocycles. The Morgan fingerprint density at radius 2 is 1.52 bits per heavy atom. The van der Waals surface area contributed by atoms with E-state index in [1.165, 1.54) is 12.5 Å². The first kappa shape index (κ1) is 33.8. The number of nitrogens with one attached hydrogen (secondary N) is 4. The number of H-pyrrole nitrogens is 1. The SMILES string of the molecule is NCCCCC(NC(=O)C(N)CCCN=C(N)N)C(=O)NC(CCC(N)=O)C(=O)NC(Cc1cnc[nH]1)C(=O)O. The average Bonchev–Trinajstić information content (AvgIpc) is 3.40. The van der Waals surface area contributed by atoms with E-state index >= 15 is 0 Å². The molecule has 15 N–H and O–H groups in total. The molecule has 1 aromatic rings. The lowest BCUT2D eigenvalue weighted by Gasteiger charge is -2.25. The average molecular weight is 568 g/mol. The Hall–Kier alpha value is -4.25. The molecule has 4 amide bonds. The van der Waals surface area contributed by atoms with Crippen LogP contribution in [0.5, 0.6) is 0 Å². The number of unbranched alkanes of at least 4 members (excludes halogenated alkanes) is 1. The van der Waals surface area contributed by atoms with E-state index in [2.05, 4.69) is 30.9 Å². The van der Waals surface area contributed by atoms with E-state index < -0.39 is 53.8 Å². The fourth-order valence-electron chi connectivity index (χ4n) is 3.61. The Balaban J connectivity index is 2.96. The van der Waals surface area contributed by atoms with Crippen molar-refractivity contribution in [2.45, 2.75) is 75.5 Å². The standard InChI is InChI=1S/C23H41N11O6/c24-8-2-1-5-15(32-19(36)14(25)4-3-9-30-23(27)28)20(37)33-16(6-7-18(26)35)21(38)34-17(22(39)40)10-13-11-29-12-31-13/h11-12,14-17H,1-10,24-25H2,(H2,26,35)(H,29,31)(H,32,36)(H,33,37)(H,34,38)(H,39,40)(H4,27,28,30). The Morgan fingerprint density at radius 1 is 0.900 bits per heavy atom. The van der Waals surface area contributed by atoms with Crippen LogP contribution in [-0.2, 0) is 30.4 Å². The quantitative estimate of drug-likeness (QED) is 0.0414. The lowest BCUT2D eigenvalue weighted by Crippen LogP contribution is -2.57. The zero-order chi connectivity index (χ0) is 30.1. The number of aromatic nitrogens is 2. The first-order valence-electron chi connectivity index (χ1n) is 12.8. The summed E-state index contributed by atoms with van der Waals surface area (Å²) in [5, 5.41) is 17.0. The molecule has 0 bridgehead atoms. The number of aliphatic carboxylic acids is 1. The maximum Gasteiger partial charge on any atom is 0.326 e. The van der Waals surface area contributed by atoms with Gasteiger partial charge in [0.2, 0.25) is 23.6 Å². The van der Waals surface area contributed by atoms with Gasteiger partial charge in [-0.1, -0.05) is 0 Å². The first-order valence-corrected chi connectivity index (χ1v) is 12.8. The minimum Gasteiger partial charge on any atom is -0.480 e. The molecule has 0 aliphatic heterocycles. The van der Waals surface area contributed by atoms with Crippen molar-refractivity contribution in [3.05, 3.63) is 18.2 Å². The normalized spacial score (nSPS) is 13.8. The molecule has 0 spiro atoms. The highest BCUT2D eigenvalue weighted by Crippen LogP contribution is 2.07. The van der Waals surface area contributed by atoms with E-state index in [0.717, 1.165) is 0 Å². The number of hydrogen-bond acceptors (Lipinski definition) is 9. The maximum atomic E-state index is 13.2. The number of amides is 4. The minimum absolute atomic E-state index is 0.0828. The molecular formula is C23H41N11O6. The molecular weight excluding hydrogens is 526 g/mol. The monoisotopic (exact) mass is 567 g/mol. The van der Waals surface area contributed by atoms with Crippen LogP contribution in [0.3, 0.4) is 0 Å². The number of hydrogen-bond donors (Lipinski definition) is 10.